The molecule has 0 heterocycles. The van der Waals surface area contributed by atoms with Crippen LogP contribution in [0.25, 0.3) is 0 Å². The third-order valence-electron chi connectivity index (χ3n) is 5.55. The largest absolute Gasteiger partial charge is 0.493 e. The number of benzene rings is 3. The number of carbonyl (C=O) groups is 1. The molecule has 0 spiro atoms. The number of hydrogen-bond donors (Lipinski definition) is 0. The van der Waals surface area contributed by atoms with Crippen LogP contribution in [0.15, 0.2) is 60.7 Å². The topological polar surface area (TPSA) is 54.0 Å². The first-order chi connectivity index (χ1) is 16.9. The first-order valence-electron chi connectivity index (χ1n) is 11.9. The Morgan fingerprint density at radius 3 is 2.34 bits per heavy atom. The number of para-hydroxylation sites is 1. The Labute approximate surface area is 212 Å². The van der Waals surface area contributed by atoms with Crippen molar-refractivity contribution in [1.29, 1.82) is 0 Å². The van der Waals surface area contributed by atoms with E-state index >= 15 is 0 Å². The van der Waals surface area contributed by atoms with Gasteiger partial charge in [0.1, 0.15) is 11.5 Å². The van der Waals surface area contributed by atoms with E-state index in [9.17, 15) is 4.79 Å². The predicted molar refractivity (Wildman–Crippen MR) is 139 cm³/mol. The van der Waals surface area contributed by atoms with E-state index in [0.29, 0.717) is 54.7 Å². The van der Waals surface area contributed by atoms with E-state index in [-0.39, 0.29) is 12.1 Å². The SMILES string of the molecule is CCOC(=O)CCc1c(C)cc(OCC[C@@H](C)Oc2ccc(Cl)cc2Oc2ccccc2)cc1C. The Morgan fingerprint density at radius 1 is 0.943 bits per heavy atom. The van der Waals surface area contributed by atoms with Gasteiger partial charge in [-0.05, 0) is 87.2 Å². The lowest BCUT2D eigenvalue weighted by Crippen LogP contribution is -2.16. The zero-order chi connectivity index (χ0) is 25.2. The summed E-state index contributed by atoms with van der Waals surface area (Å²) < 4.78 is 23.2. The molecule has 3 aromatic rings. The number of carbonyl (C=O) groups excluding carboxylic acids is 1. The summed E-state index contributed by atoms with van der Waals surface area (Å²) in [5, 5.41) is 0.579. The highest BCUT2D eigenvalue weighted by Crippen LogP contribution is 2.35. The van der Waals surface area contributed by atoms with E-state index in [1.165, 1.54) is 0 Å². The van der Waals surface area contributed by atoms with E-state index in [1.807, 2.05) is 76.2 Å². The van der Waals surface area contributed by atoms with Gasteiger partial charge in [-0.15, -0.1) is 0 Å². The number of halogens is 1. The average Bonchev–Trinajstić information content (AvgIpc) is 2.81. The number of hydrogen-bond acceptors (Lipinski definition) is 5. The Morgan fingerprint density at radius 2 is 1.66 bits per heavy atom. The van der Waals surface area contributed by atoms with E-state index in [1.54, 1.807) is 12.1 Å². The normalized spacial score (nSPS) is 11.6. The number of aryl methyl sites for hydroxylation is 2. The van der Waals surface area contributed by atoms with E-state index in [2.05, 4.69) is 0 Å². The van der Waals surface area contributed by atoms with Crippen LogP contribution in [-0.4, -0.2) is 25.3 Å². The summed E-state index contributed by atoms with van der Waals surface area (Å²) in [6, 6.07) is 18.9. The van der Waals surface area contributed by atoms with Crippen molar-refractivity contribution in [2.24, 2.45) is 0 Å². The summed E-state index contributed by atoms with van der Waals surface area (Å²) in [6.07, 6.45) is 1.64. The summed E-state index contributed by atoms with van der Waals surface area (Å²) >= 11 is 6.18. The van der Waals surface area contributed by atoms with Crippen LogP contribution >= 0.6 is 11.6 Å². The van der Waals surface area contributed by atoms with Gasteiger partial charge in [-0.2, -0.15) is 0 Å². The summed E-state index contributed by atoms with van der Waals surface area (Å²) in [5.74, 6) is 2.56. The van der Waals surface area contributed by atoms with Crippen molar-refractivity contribution >= 4 is 17.6 Å². The molecule has 0 radical (unpaired) electrons. The fourth-order valence-corrected chi connectivity index (χ4v) is 3.95. The minimum Gasteiger partial charge on any atom is -0.493 e. The van der Waals surface area contributed by atoms with E-state index in [0.717, 1.165) is 22.4 Å². The van der Waals surface area contributed by atoms with Gasteiger partial charge >= 0.3 is 5.97 Å². The zero-order valence-electron chi connectivity index (χ0n) is 20.8. The average molecular weight is 497 g/mol. The first-order valence-corrected chi connectivity index (χ1v) is 12.3. The highest BCUT2D eigenvalue weighted by atomic mass is 35.5. The van der Waals surface area contributed by atoms with Gasteiger partial charge in [0.2, 0.25) is 0 Å². The standard InChI is InChI=1S/C29H33ClO5/c1-5-32-29(31)14-12-26-20(2)17-25(18-21(26)3)33-16-15-22(4)34-27-13-11-23(30)19-28(27)35-24-9-7-6-8-10-24/h6-11,13,17-19,22H,5,12,14-16H2,1-4H3/t22-/m1/s1. The molecule has 3 aromatic carbocycles. The van der Waals surface area contributed by atoms with Crippen molar-refractivity contribution in [3.05, 3.63) is 82.4 Å². The van der Waals surface area contributed by atoms with Crippen LogP contribution in [-0.2, 0) is 16.0 Å². The maximum Gasteiger partial charge on any atom is 0.306 e. The molecule has 35 heavy (non-hydrogen) atoms. The van der Waals surface area contributed by atoms with E-state index in [4.69, 9.17) is 30.5 Å². The number of ether oxygens (including phenoxy) is 4. The van der Waals surface area contributed by atoms with Crippen molar-refractivity contribution in [3.63, 3.8) is 0 Å². The van der Waals surface area contributed by atoms with Gasteiger partial charge in [0.05, 0.1) is 19.3 Å². The number of rotatable bonds is 12. The van der Waals surface area contributed by atoms with Crippen molar-refractivity contribution in [1.82, 2.24) is 0 Å². The molecule has 0 aliphatic carbocycles. The molecule has 0 N–H and O–H groups in total. The molecule has 0 unspecified atom stereocenters. The van der Waals surface area contributed by atoms with Gasteiger partial charge in [-0.3, -0.25) is 4.79 Å². The molecule has 0 fully saturated rings. The summed E-state index contributed by atoms with van der Waals surface area (Å²) in [4.78, 5) is 11.7. The fraction of sp³-hybridized carbons (Fsp3) is 0.345. The maximum atomic E-state index is 11.7. The first kappa shape index (κ1) is 26.4. The molecule has 6 heteroatoms. The van der Waals surface area contributed by atoms with Crippen molar-refractivity contribution in [3.8, 4) is 23.0 Å². The highest BCUT2D eigenvalue weighted by molar-refractivity contribution is 6.30. The molecule has 186 valence electrons. The third-order valence-corrected chi connectivity index (χ3v) is 5.79. The zero-order valence-corrected chi connectivity index (χ0v) is 21.6. The molecule has 0 saturated carbocycles. The maximum absolute atomic E-state index is 11.7. The highest BCUT2D eigenvalue weighted by Gasteiger charge is 2.13. The second kappa shape index (κ2) is 13.1. The Balaban J connectivity index is 1.54. The van der Waals surface area contributed by atoms with Crippen molar-refractivity contribution in [2.75, 3.05) is 13.2 Å². The Hall–Kier alpha value is -3.18. The van der Waals surface area contributed by atoms with Crippen molar-refractivity contribution < 1.29 is 23.7 Å². The molecule has 1 atom stereocenters. The van der Waals surface area contributed by atoms with Gasteiger partial charge in [-0.1, -0.05) is 29.8 Å². The lowest BCUT2D eigenvalue weighted by Gasteiger charge is -2.19. The molecule has 0 amide bonds. The van der Waals surface area contributed by atoms with Crippen LogP contribution in [0, 0.1) is 13.8 Å². The summed E-state index contributed by atoms with van der Waals surface area (Å²) in [5.41, 5.74) is 3.38. The third kappa shape index (κ3) is 8.22. The minimum atomic E-state index is -0.168. The molecular formula is C29H33ClO5. The summed E-state index contributed by atoms with van der Waals surface area (Å²) in [6.45, 7) is 8.82. The molecule has 0 bridgehead atoms. The van der Waals surface area contributed by atoms with Crippen LogP contribution in [0.3, 0.4) is 0 Å². The molecule has 0 saturated heterocycles. The predicted octanol–water partition coefficient (Wildman–Crippen LogP) is 7.48. The second-order valence-electron chi connectivity index (χ2n) is 8.41. The lowest BCUT2D eigenvalue weighted by molar-refractivity contribution is -0.143. The van der Waals surface area contributed by atoms with Gasteiger partial charge < -0.3 is 18.9 Å². The second-order valence-corrected chi connectivity index (χ2v) is 8.85. The van der Waals surface area contributed by atoms with Crippen LogP contribution in [0.5, 0.6) is 23.0 Å². The summed E-state index contributed by atoms with van der Waals surface area (Å²) in [7, 11) is 0. The van der Waals surface area contributed by atoms with Crippen LogP contribution in [0.2, 0.25) is 5.02 Å². The quantitative estimate of drug-likeness (QED) is 0.243. The van der Waals surface area contributed by atoms with Gasteiger partial charge in [0.25, 0.3) is 0 Å². The molecule has 0 aliphatic heterocycles. The van der Waals surface area contributed by atoms with E-state index < -0.39 is 0 Å². The van der Waals surface area contributed by atoms with Gasteiger partial charge in [-0.25, -0.2) is 0 Å². The van der Waals surface area contributed by atoms with Crippen LogP contribution < -0.4 is 14.2 Å². The molecule has 0 aromatic heterocycles. The smallest absolute Gasteiger partial charge is 0.306 e. The van der Waals surface area contributed by atoms with Crippen LogP contribution in [0.1, 0.15) is 43.4 Å². The minimum absolute atomic E-state index is 0.0969. The van der Waals surface area contributed by atoms with Crippen molar-refractivity contribution in [2.45, 2.75) is 53.1 Å². The molecular weight excluding hydrogens is 464 g/mol. The van der Waals surface area contributed by atoms with Gasteiger partial charge in [0.15, 0.2) is 11.5 Å². The Kier molecular flexibility index (Phi) is 9.86. The monoisotopic (exact) mass is 496 g/mol. The Bertz CT molecular complexity index is 1090. The lowest BCUT2D eigenvalue weighted by atomic mass is 9.98. The van der Waals surface area contributed by atoms with Crippen LogP contribution in [0.4, 0.5) is 0 Å². The molecule has 3 rings (SSSR count). The van der Waals surface area contributed by atoms with Gasteiger partial charge in [0, 0.05) is 23.9 Å². The molecule has 0 aliphatic rings. The number of esters is 1. The molecule has 5 nitrogen and oxygen atoms in total. The fourth-order valence-electron chi connectivity index (χ4n) is 3.78.